The summed E-state index contributed by atoms with van der Waals surface area (Å²) in [6.45, 7) is 0.760. The molecule has 8 heteroatoms. The van der Waals surface area contributed by atoms with Crippen LogP contribution >= 0.6 is 0 Å². The van der Waals surface area contributed by atoms with Crippen molar-refractivity contribution < 1.29 is 19.1 Å². The molecule has 2 amide bonds. The van der Waals surface area contributed by atoms with Crippen molar-refractivity contribution >= 4 is 17.6 Å². The molecule has 1 heterocycles. The topological polar surface area (TPSA) is 116 Å². The average Bonchev–Trinajstić information content (AvgIpc) is 2.78. The van der Waals surface area contributed by atoms with Gasteiger partial charge in [-0.25, -0.2) is 4.98 Å². The second-order valence-corrected chi connectivity index (χ2v) is 6.77. The number of carbonyl (C=O) groups excluding carboxylic acids is 2. The van der Waals surface area contributed by atoms with Gasteiger partial charge in [0.15, 0.2) is 0 Å². The molecule has 0 unspecified atom stereocenters. The van der Waals surface area contributed by atoms with Crippen LogP contribution in [-0.2, 0) is 29.2 Å². The van der Waals surface area contributed by atoms with E-state index in [1.807, 2.05) is 30.3 Å². The number of rotatable bonds is 8. The van der Waals surface area contributed by atoms with Crippen molar-refractivity contribution in [3.63, 3.8) is 0 Å². The van der Waals surface area contributed by atoms with Crippen LogP contribution in [0.5, 0.6) is 5.75 Å². The van der Waals surface area contributed by atoms with E-state index in [2.05, 4.69) is 15.8 Å². The summed E-state index contributed by atoms with van der Waals surface area (Å²) in [4.78, 5) is 28.5. The van der Waals surface area contributed by atoms with Crippen LogP contribution in [0.25, 0.3) is 0 Å². The van der Waals surface area contributed by atoms with E-state index in [4.69, 9.17) is 15.2 Å². The summed E-state index contributed by atoms with van der Waals surface area (Å²) in [6, 6.07) is 20.2. The lowest BCUT2D eigenvalue weighted by molar-refractivity contribution is -0.121. The number of hydrogen-bond acceptors (Lipinski definition) is 6. The third-order valence-electron chi connectivity index (χ3n) is 4.37. The molecule has 0 fully saturated rings. The maximum Gasteiger partial charge on any atom is 0.273 e. The summed E-state index contributed by atoms with van der Waals surface area (Å²) in [5.41, 5.74) is 13.2. The zero-order chi connectivity index (χ0) is 22.1. The molecule has 31 heavy (non-hydrogen) atoms. The van der Waals surface area contributed by atoms with Gasteiger partial charge in [-0.2, -0.15) is 0 Å². The summed E-state index contributed by atoms with van der Waals surface area (Å²) in [5, 5.41) is 0. The molecule has 0 radical (unpaired) electrons. The maximum absolute atomic E-state index is 12.2. The minimum absolute atomic E-state index is 0.0624. The van der Waals surface area contributed by atoms with E-state index < -0.39 is 5.91 Å². The molecule has 0 aliphatic rings. The van der Waals surface area contributed by atoms with Crippen LogP contribution in [0.2, 0.25) is 0 Å². The van der Waals surface area contributed by atoms with Crippen molar-refractivity contribution in [1.82, 2.24) is 15.8 Å². The first kappa shape index (κ1) is 21.8. The fourth-order valence-electron chi connectivity index (χ4n) is 2.81. The van der Waals surface area contributed by atoms with Crippen LogP contribution in [0.3, 0.4) is 0 Å². The third-order valence-corrected chi connectivity index (χ3v) is 4.37. The number of methoxy groups -OCH3 is 1. The Hall–Kier alpha value is -3.91. The first-order valence-electron chi connectivity index (χ1n) is 9.64. The Morgan fingerprint density at radius 1 is 0.903 bits per heavy atom. The quantitative estimate of drug-likeness (QED) is 0.482. The predicted molar refractivity (Wildman–Crippen MR) is 116 cm³/mol. The molecule has 0 atom stereocenters. The number of nitrogens with two attached hydrogens (primary N) is 1. The number of aromatic nitrogens is 1. The van der Waals surface area contributed by atoms with Gasteiger partial charge in [-0.15, -0.1) is 0 Å². The fraction of sp³-hybridized carbons (Fsp3) is 0.174. The second kappa shape index (κ2) is 10.7. The van der Waals surface area contributed by atoms with Crippen LogP contribution in [-0.4, -0.2) is 23.9 Å². The molecule has 2 aromatic carbocycles. The van der Waals surface area contributed by atoms with Crippen molar-refractivity contribution in [3.8, 4) is 5.75 Å². The van der Waals surface area contributed by atoms with Crippen LogP contribution in [0.4, 0.5) is 5.82 Å². The van der Waals surface area contributed by atoms with E-state index in [-0.39, 0.29) is 23.7 Å². The van der Waals surface area contributed by atoms with Crippen molar-refractivity contribution in [2.24, 2.45) is 0 Å². The summed E-state index contributed by atoms with van der Waals surface area (Å²) >= 11 is 0. The van der Waals surface area contributed by atoms with Crippen LogP contribution in [0, 0.1) is 0 Å². The molecule has 0 aliphatic carbocycles. The molecular weight excluding hydrogens is 396 g/mol. The van der Waals surface area contributed by atoms with Gasteiger partial charge in [-0.05, 0) is 35.4 Å². The smallest absolute Gasteiger partial charge is 0.273 e. The van der Waals surface area contributed by atoms with Crippen molar-refractivity contribution in [3.05, 3.63) is 89.1 Å². The molecule has 3 rings (SSSR count). The number of amides is 2. The summed E-state index contributed by atoms with van der Waals surface area (Å²) < 4.78 is 10.7. The Labute approximate surface area is 180 Å². The van der Waals surface area contributed by atoms with E-state index in [1.54, 1.807) is 37.4 Å². The predicted octanol–water partition coefficient (Wildman–Crippen LogP) is 2.39. The van der Waals surface area contributed by atoms with Gasteiger partial charge in [0.1, 0.15) is 18.2 Å². The summed E-state index contributed by atoms with van der Waals surface area (Å²) in [5.74, 6) is -0.144. The van der Waals surface area contributed by atoms with Crippen LogP contribution in [0.1, 0.15) is 27.2 Å². The molecule has 1 aromatic heterocycles. The van der Waals surface area contributed by atoms with Gasteiger partial charge in [-0.3, -0.25) is 20.4 Å². The molecule has 0 bridgehead atoms. The Morgan fingerprint density at radius 3 is 2.32 bits per heavy atom. The number of nitrogen functional groups attached to an aromatic ring is 1. The standard InChI is InChI=1S/C23H24N4O4/c1-30-15-18-9-12-20(22(24)25-18)23(29)27-26-21(28)13-16-7-10-19(11-8-16)31-14-17-5-3-2-4-6-17/h2-12H,13-15H2,1H3,(H2,24,25)(H,26,28)(H,27,29). The molecule has 4 N–H and O–H groups in total. The number of carbonyl (C=O) groups is 2. The Balaban J connectivity index is 1.46. The van der Waals surface area contributed by atoms with Gasteiger partial charge in [-0.1, -0.05) is 42.5 Å². The van der Waals surface area contributed by atoms with Gasteiger partial charge in [0.25, 0.3) is 5.91 Å². The number of ether oxygens (including phenoxy) is 2. The Kier molecular flexibility index (Phi) is 7.56. The van der Waals surface area contributed by atoms with Crippen molar-refractivity contribution in [2.45, 2.75) is 19.6 Å². The van der Waals surface area contributed by atoms with E-state index in [0.29, 0.717) is 24.7 Å². The molecule has 0 spiro atoms. The molecule has 8 nitrogen and oxygen atoms in total. The lowest BCUT2D eigenvalue weighted by Gasteiger charge is -2.10. The number of hydrogen-bond donors (Lipinski definition) is 3. The van der Waals surface area contributed by atoms with Gasteiger partial charge in [0.2, 0.25) is 5.91 Å². The highest BCUT2D eigenvalue weighted by atomic mass is 16.5. The molecule has 0 saturated heterocycles. The van der Waals surface area contributed by atoms with Gasteiger partial charge in [0, 0.05) is 7.11 Å². The van der Waals surface area contributed by atoms with Crippen molar-refractivity contribution in [1.29, 1.82) is 0 Å². The molecule has 0 aliphatic heterocycles. The lowest BCUT2D eigenvalue weighted by atomic mass is 10.1. The molecule has 160 valence electrons. The number of anilines is 1. The Morgan fingerprint density at radius 2 is 1.65 bits per heavy atom. The number of hydrazine groups is 1. The van der Waals surface area contributed by atoms with E-state index in [0.717, 1.165) is 11.1 Å². The van der Waals surface area contributed by atoms with Gasteiger partial charge < -0.3 is 15.2 Å². The first-order valence-corrected chi connectivity index (χ1v) is 9.64. The minimum atomic E-state index is -0.549. The molecular formula is C23H24N4O4. The molecule has 3 aromatic rings. The van der Waals surface area contributed by atoms with Crippen LogP contribution in [0.15, 0.2) is 66.7 Å². The van der Waals surface area contributed by atoms with Crippen LogP contribution < -0.4 is 21.3 Å². The lowest BCUT2D eigenvalue weighted by Crippen LogP contribution is -2.42. The maximum atomic E-state index is 12.2. The van der Waals surface area contributed by atoms with Gasteiger partial charge in [0.05, 0.1) is 24.3 Å². The van der Waals surface area contributed by atoms with E-state index >= 15 is 0 Å². The number of nitrogens with zero attached hydrogens (tertiary/aromatic N) is 1. The monoisotopic (exact) mass is 420 g/mol. The number of nitrogens with one attached hydrogen (secondary N) is 2. The average molecular weight is 420 g/mol. The normalized spacial score (nSPS) is 10.4. The highest BCUT2D eigenvalue weighted by Crippen LogP contribution is 2.15. The van der Waals surface area contributed by atoms with E-state index in [9.17, 15) is 9.59 Å². The summed E-state index contributed by atoms with van der Waals surface area (Å²) in [7, 11) is 1.54. The molecule has 0 saturated carbocycles. The Bertz CT molecular complexity index is 1020. The number of benzene rings is 2. The zero-order valence-electron chi connectivity index (χ0n) is 17.1. The van der Waals surface area contributed by atoms with Crippen molar-refractivity contribution in [2.75, 3.05) is 12.8 Å². The fourth-order valence-corrected chi connectivity index (χ4v) is 2.81. The van der Waals surface area contributed by atoms with E-state index in [1.165, 1.54) is 6.07 Å². The number of pyridine rings is 1. The second-order valence-electron chi connectivity index (χ2n) is 6.77. The van der Waals surface area contributed by atoms with Gasteiger partial charge >= 0.3 is 0 Å². The zero-order valence-corrected chi connectivity index (χ0v) is 17.1. The third kappa shape index (κ3) is 6.55. The highest BCUT2D eigenvalue weighted by Gasteiger charge is 2.13. The summed E-state index contributed by atoms with van der Waals surface area (Å²) in [6.07, 6.45) is 0.0970. The minimum Gasteiger partial charge on any atom is -0.489 e. The first-order chi connectivity index (χ1) is 15.0. The highest BCUT2D eigenvalue weighted by molar-refractivity contribution is 5.99. The SMILES string of the molecule is COCc1ccc(C(=O)NNC(=O)Cc2ccc(OCc3ccccc3)cc2)c(N)n1. The largest absolute Gasteiger partial charge is 0.489 e.